The first kappa shape index (κ1) is 21.9. The number of thiophene rings is 1. The Morgan fingerprint density at radius 3 is 2.56 bits per heavy atom. The highest BCUT2D eigenvalue weighted by Crippen LogP contribution is 2.30. The van der Waals surface area contributed by atoms with Crippen LogP contribution in [0, 0.1) is 0 Å². The lowest BCUT2D eigenvalue weighted by molar-refractivity contribution is -0.124. The van der Waals surface area contributed by atoms with Gasteiger partial charge in [0.25, 0.3) is 5.91 Å². The number of hydrogen-bond acceptors (Lipinski definition) is 5. The summed E-state index contributed by atoms with van der Waals surface area (Å²) in [6.07, 6.45) is -0.168. The summed E-state index contributed by atoms with van der Waals surface area (Å²) in [6, 6.07) is 15.8. The molecule has 4 rings (SSSR count). The summed E-state index contributed by atoms with van der Waals surface area (Å²) in [4.78, 5) is 42.7. The molecule has 1 atom stereocenters. The third-order valence-corrected chi connectivity index (χ3v) is 6.14. The van der Waals surface area contributed by atoms with Crippen molar-refractivity contribution in [2.75, 3.05) is 17.3 Å². The van der Waals surface area contributed by atoms with Gasteiger partial charge in [0.2, 0.25) is 5.91 Å². The van der Waals surface area contributed by atoms with Crippen LogP contribution in [0.5, 0.6) is 5.75 Å². The van der Waals surface area contributed by atoms with Gasteiger partial charge >= 0.3 is 6.03 Å². The SMILES string of the molecule is COc1ccc(NC(=O)C[C@H]2C(=O)N(c3cccc(Cl)c3)C(=O)N2Cc2cccs2)cc1. The van der Waals surface area contributed by atoms with Crippen LogP contribution in [0.25, 0.3) is 0 Å². The van der Waals surface area contributed by atoms with E-state index < -0.39 is 18.0 Å². The summed E-state index contributed by atoms with van der Waals surface area (Å²) >= 11 is 7.55. The van der Waals surface area contributed by atoms with Crippen LogP contribution in [0.2, 0.25) is 5.02 Å². The average molecular weight is 470 g/mol. The molecule has 0 saturated carbocycles. The van der Waals surface area contributed by atoms with E-state index in [-0.39, 0.29) is 18.9 Å². The van der Waals surface area contributed by atoms with Crippen LogP contribution in [-0.4, -0.2) is 35.9 Å². The first-order chi connectivity index (χ1) is 15.5. The lowest BCUT2D eigenvalue weighted by Gasteiger charge is -2.21. The second-order valence-electron chi connectivity index (χ2n) is 7.14. The number of nitrogens with zero attached hydrogens (tertiary/aromatic N) is 2. The topological polar surface area (TPSA) is 79.0 Å². The minimum atomic E-state index is -0.929. The number of halogens is 1. The summed E-state index contributed by atoms with van der Waals surface area (Å²) in [5.74, 6) is -0.164. The number of urea groups is 1. The first-order valence-electron chi connectivity index (χ1n) is 9.82. The Balaban J connectivity index is 1.57. The second-order valence-corrected chi connectivity index (χ2v) is 8.61. The van der Waals surface area contributed by atoms with Crippen LogP contribution in [0.1, 0.15) is 11.3 Å². The number of amides is 4. The van der Waals surface area contributed by atoms with E-state index in [4.69, 9.17) is 16.3 Å². The lowest BCUT2D eigenvalue weighted by atomic mass is 10.1. The number of anilines is 2. The highest BCUT2D eigenvalue weighted by molar-refractivity contribution is 7.09. The summed E-state index contributed by atoms with van der Waals surface area (Å²) in [7, 11) is 1.56. The molecule has 0 radical (unpaired) electrons. The number of nitrogens with one attached hydrogen (secondary N) is 1. The molecule has 0 spiro atoms. The predicted molar refractivity (Wildman–Crippen MR) is 124 cm³/mol. The molecule has 1 saturated heterocycles. The van der Waals surface area contributed by atoms with Crippen molar-refractivity contribution in [2.24, 2.45) is 0 Å². The number of methoxy groups -OCH3 is 1. The molecule has 1 aliphatic heterocycles. The quantitative estimate of drug-likeness (QED) is 0.505. The van der Waals surface area contributed by atoms with Crippen molar-refractivity contribution >= 4 is 52.2 Å². The van der Waals surface area contributed by atoms with Gasteiger partial charge in [-0.05, 0) is 53.9 Å². The Morgan fingerprint density at radius 2 is 1.91 bits per heavy atom. The van der Waals surface area contributed by atoms with Gasteiger partial charge < -0.3 is 15.0 Å². The fourth-order valence-electron chi connectivity index (χ4n) is 3.50. The summed E-state index contributed by atoms with van der Waals surface area (Å²) in [5, 5.41) is 5.09. The summed E-state index contributed by atoms with van der Waals surface area (Å²) in [6.45, 7) is 0.236. The van der Waals surface area contributed by atoms with Crippen molar-refractivity contribution < 1.29 is 19.1 Å². The molecule has 164 valence electrons. The van der Waals surface area contributed by atoms with Gasteiger partial charge in [-0.2, -0.15) is 0 Å². The predicted octanol–water partition coefficient (Wildman–Crippen LogP) is 4.78. The van der Waals surface area contributed by atoms with Crippen molar-refractivity contribution in [1.82, 2.24) is 4.90 Å². The molecular weight excluding hydrogens is 450 g/mol. The molecule has 0 aliphatic carbocycles. The van der Waals surface area contributed by atoms with Crippen LogP contribution in [0.15, 0.2) is 66.0 Å². The molecule has 1 aromatic heterocycles. The van der Waals surface area contributed by atoms with Gasteiger partial charge in [-0.25, -0.2) is 9.69 Å². The molecule has 0 unspecified atom stereocenters. The normalized spacial score (nSPS) is 15.9. The molecule has 32 heavy (non-hydrogen) atoms. The van der Waals surface area contributed by atoms with E-state index in [1.807, 2.05) is 17.5 Å². The molecule has 0 bridgehead atoms. The largest absolute Gasteiger partial charge is 0.497 e. The number of carbonyl (C=O) groups is 3. The van der Waals surface area contributed by atoms with Crippen LogP contribution < -0.4 is 15.0 Å². The first-order valence-corrected chi connectivity index (χ1v) is 11.1. The van der Waals surface area contributed by atoms with Gasteiger partial charge in [0, 0.05) is 15.6 Å². The Morgan fingerprint density at radius 1 is 1.12 bits per heavy atom. The zero-order chi connectivity index (χ0) is 22.7. The van der Waals surface area contributed by atoms with Crippen molar-refractivity contribution in [3.63, 3.8) is 0 Å². The van der Waals surface area contributed by atoms with Crippen LogP contribution in [-0.2, 0) is 16.1 Å². The van der Waals surface area contributed by atoms with E-state index in [1.165, 1.54) is 16.2 Å². The summed E-state index contributed by atoms with van der Waals surface area (Å²) in [5.41, 5.74) is 0.950. The second kappa shape index (κ2) is 9.42. The van der Waals surface area contributed by atoms with Crippen LogP contribution >= 0.6 is 22.9 Å². The fourth-order valence-corrected chi connectivity index (χ4v) is 4.39. The van der Waals surface area contributed by atoms with Gasteiger partial charge in [-0.3, -0.25) is 9.59 Å². The Labute approximate surface area is 194 Å². The maximum atomic E-state index is 13.3. The molecule has 3 aromatic rings. The van der Waals surface area contributed by atoms with E-state index in [9.17, 15) is 14.4 Å². The minimum absolute atomic E-state index is 0.168. The smallest absolute Gasteiger partial charge is 0.332 e. The van der Waals surface area contributed by atoms with E-state index in [0.717, 1.165) is 9.78 Å². The van der Waals surface area contributed by atoms with Crippen molar-refractivity contribution in [2.45, 2.75) is 19.0 Å². The molecule has 9 heteroatoms. The highest BCUT2D eigenvalue weighted by Gasteiger charge is 2.46. The fraction of sp³-hybridized carbons (Fsp3) is 0.174. The van der Waals surface area contributed by atoms with E-state index >= 15 is 0 Å². The number of hydrogen-bond donors (Lipinski definition) is 1. The Hall–Kier alpha value is -3.36. The van der Waals surface area contributed by atoms with Crippen molar-refractivity contribution in [3.05, 3.63) is 75.9 Å². The van der Waals surface area contributed by atoms with Crippen LogP contribution in [0.4, 0.5) is 16.2 Å². The van der Waals surface area contributed by atoms with Gasteiger partial charge in [0.1, 0.15) is 11.8 Å². The minimum Gasteiger partial charge on any atom is -0.497 e. The van der Waals surface area contributed by atoms with E-state index in [0.29, 0.717) is 22.1 Å². The van der Waals surface area contributed by atoms with Crippen molar-refractivity contribution in [1.29, 1.82) is 0 Å². The standard InChI is InChI=1S/C23H20ClN3O4S/c1-31-18-9-7-16(8-10-18)25-21(28)13-20-22(29)27(17-5-2-4-15(24)12-17)23(30)26(20)14-19-6-3-11-32-19/h2-12,20H,13-14H2,1H3,(H,25,28)/t20-/m0/s1. The maximum Gasteiger partial charge on any atom is 0.332 e. The molecule has 4 amide bonds. The van der Waals surface area contributed by atoms with E-state index in [1.54, 1.807) is 55.6 Å². The van der Waals surface area contributed by atoms with Gasteiger partial charge in [-0.15, -0.1) is 11.3 Å². The maximum absolute atomic E-state index is 13.3. The van der Waals surface area contributed by atoms with Gasteiger partial charge in [-0.1, -0.05) is 23.7 Å². The van der Waals surface area contributed by atoms with Gasteiger partial charge in [0.05, 0.1) is 25.8 Å². The highest BCUT2D eigenvalue weighted by atomic mass is 35.5. The Bertz CT molecular complexity index is 1130. The monoisotopic (exact) mass is 469 g/mol. The molecule has 1 fully saturated rings. The number of carbonyl (C=O) groups excluding carboxylic acids is 3. The third-order valence-electron chi connectivity index (χ3n) is 5.04. The Kier molecular flexibility index (Phi) is 6.43. The van der Waals surface area contributed by atoms with Gasteiger partial charge in [0.15, 0.2) is 0 Å². The molecule has 7 nitrogen and oxygen atoms in total. The van der Waals surface area contributed by atoms with E-state index in [2.05, 4.69) is 5.32 Å². The molecule has 1 aliphatic rings. The number of ether oxygens (including phenoxy) is 1. The number of imide groups is 1. The zero-order valence-electron chi connectivity index (χ0n) is 17.2. The zero-order valence-corrected chi connectivity index (χ0v) is 18.7. The van der Waals surface area contributed by atoms with Crippen molar-refractivity contribution in [3.8, 4) is 5.75 Å². The molecule has 2 heterocycles. The summed E-state index contributed by atoms with van der Waals surface area (Å²) < 4.78 is 5.12. The number of rotatable bonds is 7. The molecule has 2 aromatic carbocycles. The molecular formula is C23H20ClN3O4S. The van der Waals surface area contributed by atoms with Crippen LogP contribution in [0.3, 0.4) is 0 Å². The lowest BCUT2D eigenvalue weighted by Crippen LogP contribution is -2.37. The number of benzene rings is 2. The third kappa shape index (κ3) is 4.61. The average Bonchev–Trinajstić information content (AvgIpc) is 3.37. The molecule has 1 N–H and O–H groups in total.